The van der Waals surface area contributed by atoms with Gasteiger partial charge in [0.25, 0.3) is 0 Å². The lowest BCUT2D eigenvalue weighted by molar-refractivity contribution is -0.111. The minimum atomic E-state index is -0.167. The minimum absolute atomic E-state index is 0.167. The molecule has 3 N–H and O–H groups in total. The Balaban J connectivity index is 2.52. The van der Waals surface area contributed by atoms with Crippen LogP contribution in [0.3, 0.4) is 0 Å². The summed E-state index contributed by atoms with van der Waals surface area (Å²) in [7, 11) is 3.88. The molecule has 0 aliphatic carbocycles. The highest BCUT2D eigenvalue weighted by Crippen LogP contribution is 2.16. The second kappa shape index (κ2) is 5.92. The topological polar surface area (TPSA) is 58.4 Å². The Morgan fingerprint density at radius 2 is 2.12 bits per heavy atom. The van der Waals surface area contributed by atoms with Gasteiger partial charge in [-0.05, 0) is 26.2 Å². The summed E-state index contributed by atoms with van der Waals surface area (Å²) in [5, 5.41) is 2.71. The van der Waals surface area contributed by atoms with Gasteiger partial charge in [-0.1, -0.05) is 18.2 Å². The zero-order valence-electron chi connectivity index (χ0n) is 9.60. The number of benzene rings is 1. The van der Waals surface area contributed by atoms with Gasteiger partial charge in [-0.25, -0.2) is 0 Å². The Bertz CT molecular complexity index is 386. The number of para-hydroxylation sites is 2. The van der Waals surface area contributed by atoms with E-state index in [9.17, 15) is 4.79 Å². The summed E-state index contributed by atoms with van der Waals surface area (Å²) < 4.78 is 0. The standard InChI is InChI=1S/C12H17N3O/c1-15(2)9-5-8-12(16)14-11-7-4-3-6-10(11)13/h3-8H,9,13H2,1-2H3,(H,14,16). The van der Waals surface area contributed by atoms with Crippen molar-refractivity contribution in [2.24, 2.45) is 0 Å². The molecule has 0 bridgehead atoms. The van der Waals surface area contributed by atoms with Crippen LogP contribution >= 0.6 is 0 Å². The molecular weight excluding hydrogens is 202 g/mol. The predicted molar refractivity (Wildman–Crippen MR) is 67.2 cm³/mol. The molecule has 1 aromatic rings. The molecule has 0 saturated heterocycles. The maximum atomic E-state index is 11.5. The van der Waals surface area contributed by atoms with E-state index in [0.29, 0.717) is 11.4 Å². The third-order valence-corrected chi connectivity index (χ3v) is 1.96. The second-order valence-corrected chi connectivity index (χ2v) is 3.74. The van der Waals surface area contributed by atoms with Crippen molar-refractivity contribution in [3.8, 4) is 0 Å². The van der Waals surface area contributed by atoms with Gasteiger partial charge in [0.05, 0.1) is 11.4 Å². The Morgan fingerprint density at radius 1 is 1.44 bits per heavy atom. The van der Waals surface area contributed by atoms with Gasteiger partial charge < -0.3 is 16.0 Å². The van der Waals surface area contributed by atoms with E-state index in [0.717, 1.165) is 6.54 Å². The molecule has 0 aromatic heterocycles. The minimum Gasteiger partial charge on any atom is -0.397 e. The second-order valence-electron chi connectivity index (χ2n) is 3.74. The summed E-state index contributed by atoms with van der Waals surface area (Å²) in [5.74, 6) is -0.167. The van der Waals surface area contributed by atoms with Gasteiger partial charge in [0.1, 0.15) is 0 Å². The maximum absolute atomic E-state index is 11.5. The predicted octanol–water partition coefficient (Wildman–Crippen LogP) is 1.33. The summed E-state index contributed by atoms with van der Waals surface area (Å²) in [4.78, 5) is 13.4. The molecule has 1 amide bonds. The van der Waals surface area contributed by atoms with Crippen LogP contribution in [0.25, 0.3) is 0 Å². The van der Waals surface area contributed by atoms with Gasteiger partial charge in [-0.15, -0.1) is 0 Å². The molecule has 0 aliphatic rings. The lowest BCUT2D eigenvalue weighted by Gasteiger charge is -2.06. The van der Waals surface area contributed by atoms with E-state index < -0.39 is 0 Å². The molecule has 0 heterocycles. The molecule has 16 heavy (non-hydrogen) atoms. The Hall–Kier alpha value is -1.81. The summed E-state index contributed by atoms with van der Waals surface area (Å²) in [6, 6.07) is 7.18. The lowest BCUT2D eigenvalue weighted by atomic mass is 10.2. The molecule has 4 nitrogen and oxygen atoms in total. The molecule has 1 rings (SSSR count). The first-order chi connectivity index (χ1) is 7.59. The number of nitrogens with two attached hydrogens (primary N) is 1. The van der Waals surface area contributed by atoms with Crippen molar-refractivity contribution in [3.63, 3.8) is 0 Å². The highest BCUT2D eigenvalue weighted by atomic mass is 16.1. The number of nitrogens with one attached hydrogen (secondary N) is 1. The molecule has 4 heteroatoms. The number of hydrogen-bond donors (Lipinski definition) is 2. The monoisotopic (exact) mass is 219 g/mol. The molecule has 0 spiro atoms. The third-order valence-electron chi connectivity index (χ3n) is 1.96. The van der Waals surface area contributed by atoms with Gasteiger partial charge in [0, 0.05) is 12.6 Å². The van der Waals surface area contributed by atoms with Crippen molar-refractivity contribution in [2.45, 2.75) is 0 Å². The molecule has 0 radical (unpaired) electrons. The number of nitrogens with zero attached hydrogens (tertiary/aromatic N) is 1. The Labute approximate surface area is 95.7 Å². The Kier molecular flexibility index (Phi) is 4.54. The van der Waals surface area contributed by atoms with Crippen LogP contribution in [0.15, 0.2) is 36.4 Å². The van der Waals surface area contributed by atoms with Gasteiger partial charge in [-0.3, -0.25) is 4.79 Å². The fourth-order valence-corrected chi connectivity index (χ4v) is 1.16. The van der Waals surface area contributed by atoms with Crippen LogP contribution in [0.1, 0.15) is 0 Å². The van der Waals surface area contributed by atoms with Crippen molar-refractivity contribution in [2.75, 3.05) is 31.7 Å². The molecular formula is C12H17N3O. The van der Waals surface area contributed by atoms with Gasteiger partial charge in [-0.2, -0.15) is 0 Å². The highest BCUT2D eigenvalue weighted by molar-refractivity contribution is 6.01. The van der Waals surface area contributed by atoms with Crippen LogP contribution in [-0.4, -0.2) is 31.4 Å². The van der Waals surface area contributed by atoms with E-state index in [1.165, 1.54) is 6.08 Å². The van der Waals surface area contributed by atoms with Crippen molar-refractivity contribution in [3.05, 3.63) is 36.4 Å². The molecule has 86 valence electrons. The normalized spacial score (nSPS) is 10.9. The van der Waals surface area contributed by atoms with Crippen LogP contribution < -0.4 is 11.1 Å². The first kappa shape index (κ1) is 12.3. The molecule has 0 saturated carbocycles. The number of carbonyl (C=O) groups is 1. The lowest BCUT2D eigenvalue weighted by Crippen LogP contribution is -2.13. The van der Waals surface area contributed by atoms with Crippen LogP contribution in [-0.2, 0) is 4.79 Å². The number of nitrogen functional groups attached to an aromatic ring is 1. The summed E-state index contributed by atoms with van der Waals surface area (Å²) in [6.45, 7) is 0.734. The summed E-state index contributed by atoms with van der Waals surface area (Å²) in [5.41, 5.74) is 6.91. The van der Waals surface area contributed by atoms with Crippen molar-refractivity contribution in [1.29, 1.82) is 0 Å². The van der Waals surface area contributed by atoms with Crippen molar-refractivity contribution in [1.82, 2.24) is 4.90 Å². The van der Waals surface area contributed by atoms with E-state index >= 15 is 0 Å². The van der Waals surface area contributed by atoms with Gasteiger partial charge in [0.15, 0.2) is 0 Å². The summed E-state index contributed by atoms with van der Waals surface area (Å²) >= 11 is 0. The summed E-state index contributed by atoms with van der Waals surface area (Å²) in [6.07, 6.45) is 3.31. The molecule has 0 atom stereocenters. The number of hydrogen-bond acceptors (Lipinski definition) is 3. The zero-order chi connectivity index (χ0) is 12.0. The molecule has 1 aromatic carbocycles. The molecule has 0 fully saturated rings. The number of amides is 1. The third kappa shape index (κ3) is 4.14. The quantitative estimate of drug-likeness (QED) is 0.593. The smallest absolute Gasteiger partial charge is 0.248 e. The molecule has 0 aliphatic heterocycles. The largest absolute Gasteiger partial charge is 0.397 e. The number of anilines is 2. The van der Waals surface area contributed by atoms with E-state index in [1.807, 2.05) is 31.1 Å². The van der Waals surface area contributed by atoms with E-state index in [4.69, 9.17) is 5.73 Å². The number of carbonyl (C=O) groups excluding carboxylic acids is 1. The van der Waals surface area contributed by atoms with E-state index in [2.05, 4.69) is 5.32 Å². The average Bonchev–Trinajstić information content (AvgIpc) is 2.21. The van der Waals surface area contributed by atoms with Crippen LogP contribution in [0.4, 0.5) is 11.4 Å². The number of rotatable bonds is 4. The zero-order valence-corrected chi connectivity index (χ0v) is 9.60. The average molecular weight is 219 g/mol. The van der Waals surface area contributed by atoms with Crippen molar-refractivity contribution >= 4 is 17.3 Å². The highest BCUT2D eigenvalue weighted by Gasteiger charge is 2.00. The fourth-order valence-electron chi connectivity index (χ4n) is 1.16. The van der Waals surface area contributed by atoms with Crippen LogP contribution in [0.5, 0.6) is 0 Å². The van der Waals surface area contributed by atoms with E-state index in [1.54, 1.807) is 18.2 Å². The SMILES string of the molecule is CN(C)CC=CC(=O)Nc1ccccc1N. The maximum Gasteiger partial charge on any atom is 0.248 e. The molecule has 0 unspecified atom stereocenters. The van der Waals surface area contributed by atoms with Gasteiger partial charge >= 0.3 is 0 Å². The van der Waals surface area contributed by atoms with Crippen LogP contribution in [0, 0.1) is 0 Å². The fraction of sp³-hybridized carbons (Fsp3) is 0.250. The van der Waals surface area contributed by atoms with Gasteiger partial charge in [0.2, 0.25) is 5.91 Å². The van der Waals surface area contributed by atoms with E-state index in [-0.39, 0.29) is 5.91 Å². The van der Waals surface area contributed by atoms with Crippen molar-refractivity contribution < 1.29 is 4.79 Å². The Morgan fingerprint density at radius 3 is 2.75 bits per heavy atom. The first-order valence-electron chi connectivity index (χ1n) is 5.06. The first-order valence-corrected chi connectivity index (χ1v) is 5.06. The van der Waals surface area contributed by atoms with Crippen LogP contribution in [0.2, 0.25) is 0 Å². The number of likely N-dealkylation sites (N-methyl/N-ethyl adjacent to an activating group) is 1.